The number of hydrogen-bond acceptors (Lipinski definition) is 3. The van der Waals surface area contributed by atoms with Gasteiger partial charge in [-0.15, -0.1) is 0 Å². The highest BCUT2D eigenvalue weighted by Crippen LogP contribution is 2.10. The fourth-order valence-corrected chi connectivity index (χ4v) is 1.86. The van der Waals surface area contributed by atoms with Crippen LogP contribution in [0.15, 0.2) is 24.5 Å². The Bertz CT molecular complexity index is 274. The first-order chi connectivity index (χ1) is 7.77. The zero-order chi connectivity index (χ0) is 11.8. The summed E-state index contributed by atoms with van der Waals surface area (Å²) in [4.78, 5) is 6.36. The maximum Gasteiger partial charge on any atom is 0.0271 e. The van der Waals surface area contributed by atoms with Crippen LogP contribution in [0.1, 0.15) is 31.7 Å². The van der Waals surface area contributed by atoms with Crippen molar-refractivity contribution in [2.24, 2.45) is 5.73 Å². The van der Waals surface area contributed by atoms with Crippen molar-refractivity contribution in [3.8, 4) is 0 Å². The van der Waals surface area contributed by atoms with Crippen molar-refractivity contribution in [1.82, 2.24) is 9.88 Å². The van der Waals surface area contributed by atoms with E-state index >= 15 is 0 Å². The minimum absolute atomic E-state index is 0.494. The largest absolute Gasteiger partial charge is 0.329 e. The monoisotopic (exact) mass is 221 g/mol. The molecule has 3 heteroatoms. The molecule has 0 aliphatic heterocycles. The molecule has 0 aromatic carbocycles. The first-order valence-electron chi connectivity index (χ1n) is 6.07. The molecule has 0 aliphatic rings. The summed E-state index contributed by atoms with van der Waals surface area (Å²) in [6.07, 6.45) is 7.36. The topological polar surface area (TPSA) is 42.1 Å². The molecule has 1 aromatic rings. The van der Waals surface area contributed by atoms with Gasteiger partial charge in [0.25, 0.3) is 0 Å². The van der Waals surface area contributed by atoms with Crippen LogP contribution in [0.4, 0.5) is 0 Å². The first kappa shape index (κ1) is 13.1. The van der Waals surface area contributed by atoms with Gasteiger partial charge in [-0.2, -0.15) is 0 Å². The molecule has 1 rings (SSSR count). The van der Waals surface area contributed by atoms with E-state index in [0.717, 1.165) is 13.1 Å². The molecule has 0 radical (unpaired) electrons. The second-order valence-electron chi connectivity index (χ2n) is 4.30. The highest BCUT2D eigenvalue weighted by molar-refractivity contribution is 5.09. The van der Waals surface area contributed by atoms with E-state index in [0.29, 0.717) is 6.04 Å². The summed E-state index contributed by atoms with van der Waals surface area (Å²) in [5, 5.41) is 0. The predicted octanol–water partition coefficient (Wildman–Crippen LogP) is 2.03. The molecule has 0 aliphatic carbocycles. The van der Waals surface area contributed by atoms with Crippen molar-refractivity contribution in [1.29, 1.82) is 0 Å². The van der Waals surface area contributed by atoms with Gasteiger partial charge in [0.05, 0.1) is 0 Å². The fourth-order valence-electron chi connectivity index (χ4n) is 1.86. The Hall–Kier alpha value is -0.930. The van der Waals surface area contributed by atoms with E-state index in [1.807, 2.05) is 12.4 Å². The molecule has 0 fully saturated rings. The molecule has 1 atom stereocenters. The van der Waals surface area contributed by atoms with Gasteiger partial charge in [0.15, 0.2) is 0 Å². The number of aromatic nitrogens is 1. The quantitative estimate of drug-likeness (QED) is 0.766. The molecule has 0 saturated heterocycles. The van der Waals surface area contributed by atoms with Crippen LogP contribution >= 0.6 is 0 Å². The molecule has 16 heavy (non-hydrogen) atoms. The van der Waals surface area contributed by atoms with Crippen LogP contribution in [0.2, 0.25) is 0 Å². The lowest BCUT2D eigenvalue weighted by molar-refractivity contribution is 0.223. The van der Waals surface area contributed by atoms with Crippen LogP contribution in [-0.2, 0) is 6.54 Å². The lowest BCUT2D eigenvalue weighted by atomic mass is 10.1. The number of likely N-dealkylation sites (N-methyl/N-ethyl adjacent to an activating group) is 1. The lowest BCUT2D eigenvalue weighted by Gasteiger charge is -2.26. The summed E-state index contributed by atoms with van der Waals surface area (Å²) in [5.74, 6) is 0. The SMILES string of the molecule is CCCCC(CN)N(C)Cc1ccncc1. The summed E-state index contributed by atoms with van der Waals surface area (Å²) >= 11 is 0. The van der Waals surface area contributed by atoms with Gasteiger partial charge >= 0.3 is 0 Å². The second-order valence-corrected chi connectivity index (χ2v) is 4.30. The number of unbranched alkanes of at least 4 members (excludes halogenated alkanes) is 1. The van der Waals surface area contributed by atoms with E-state index in [9.17, 15) is 0 Å². The van der Waals surface area contributed by atoms with Gasteiger partial charge in [-0.1, -0.05) is 19.8 Å². The maximum atomic E-state index is 5.81. The predicted molar refractivity (Wildman–Crippen MR) is 68.1 cm³/mol. The van der Waals surface area contributed by atoms with Crippen LogP contribution in [0.5, 0.6) is 0 Å². The molecule has 0 bridgehead atoms. The Labute approximate surface area is 98.7 Å². The normalized spacial score (nSPS) is 13.0. The first-order valence-corrected chi connectivity index (χ1v) is 6.07. The number of nitrogens with zero attached hydrogens (tertiary/aromatic N) is 2. The van der Waals surface area contributed by atoms with Crippen LogP contribution in [0.3, 0.4) is 0 Å². The molecule has 0 saturated carbocycles. The fraction of sp³-hybridized carbons (Fsp3) is 0.615. The number of hydrogen-bond donors (Lipinski definition) is 1. The minimum Gasteiger partial charge on any atom is -0.329 e. The van der Waals surface area contributed by atoms with E-state index in [-0.39, 0.29) is 0 Å². The van der Waals surface area contributed by atoms with Crippen LogP contribution in [-0.4, -0.2) is 29.5 Å². The third-order valence-electron chi connectivity index (χ3n) is 2.97. The zero-order valence-electron chi connectivity index (χ0n) is 10.4. The lowest BCUT2D eigenvalue weighted by Crippen LogP contribution is -2.37. The third-order valence-corrected chi connectivity index (χ3v) is 2.97. The number of nitrogens with two attached hydrogens (primary N) is 1. The molecule has 1 heterocycles. The second kappa shape index (κ2) is 7.36. The molecule has 1 unspecified atom stereocenters. The van der Waals surface area contributed by atoms with Gasteiger partial charge in [0, 0.05) is 31.5 Å². The highest BCUT2D eigenvalue weighted by Gasteiger charge is 2.12. The van der Waals surface area contributed by atoms with Gasteiger partial charge in [0.2, 0.25) is 0 Å². The van der Waals surface area contributed by atoms with Gasteiger partial charge < -0.3 is 5.73 Å². The molecule has 3 nitrogen and oxygen atoms in total. The van der Waals surface area contributed by atoms with E-state index < -0.39 is 0 Å². The van der Waals surface area contributed by atoms with E-state index in [4.69, 9.17) is 5.73 Å². The highest BCUT2D eigenvalue weighted by atomic mass is 15.1. The van der Waals surface area contributed by atoms with Crippen LogP contribution in [0, 0.1) is 0 Å². The maximum absolute atomic E-state index is 5.81. The Balaban J connectivity index is 2.46. The van der Waals surface area contributed by atoms with Crippen molar-refractivity contribution in [3.63, 3.8) is 0 Å². The molecule has 1 aromatic heterocycles. The molecular weight excluding hydrogens is 198 g/mol. The summed E-state index contributed by atoms with van der Waals surface area (Å²) < 4.78 is 0. The van der Waals surface area contributed by atoms with E-state index in [1.54, 1.807) is 0 Å². The Morgan fingerprint density at radius 2 is 2.06 bits per heavy atom. The van der Waals surface area contributed by atoms with E-state index in [2.05, 4.69) is 36.0 Å². The van der Waals surface area contributed by atoms with Crippen molar-refractivity contribution < 1.29 is 0 Å². The molecule has 0 amide bonds. The minimum atomic E-state index is 0.494. The van der Waals surface area contributed by atoms with Crippen molar-refractivity contribution >= 4 is 0 Å². The number of rotatable bonds is 7. The molecule has 90 valence electrons. The molecule has 2 N–H and O–H groups in total. The molecular formula is C13H23N3. The van der Waals surface area contributed by atoms with Gasteiger partial charge in [-0.3, -0.25) is 9.88 Å². The molecule has 0 spiro atoms. The number of pyridine rings is 1. The van der Waals surface area contributed by atoms with Crippen molar-refractivity contribution in [2.45, 2.75) is 38.8 Å². The smallest absolute Gasteiger partial charge is 0.0271 e. The Morgan fingerprint density at radius 1 is 1.38 bits per heavy atom. The average Bonchev–Trinajstić information content (AvgIpc) is 2.31. The van der Waals surface area contributed by atoms with Gasteiger partial charge in [0.1, 0.15) is 0 Å². The van der Waals surface area contributed by atoms with E-state index in [1.165, 1.54) is 24.8 Å². The third kappa shape index (κ3) is 4.29. The summed E-state index contributed by atoms with van der Waals surface area (Å²) in [5.41, 5.74) is 7.11. The van der Waals surface area contributed by atoms with Gasteiger partial charge in [-0.25, -0.2) is 0 Å². The Kier molecular flexibility index (Phi) is 6.04. The zero-order valence-corrected chi connectivity index (χ0v) is 10.4. The van der Waals surface area contributed by atoms with Gasteiger partial charge in [-0.05, 0) is 31.2 Å². The van der Waals surface area contributed by atoms with Crippen LogP contribution in [0.25, 0.3) is 0 Å². The van der Waals surface area contributed by atoms with Crippen molar-refractivity contribution in [3.05, 3.63) is 30.1 Å². The average molecular weight is 221 g/mol. The Morgan fingerprint density at radius 3 is 2.62 bits per heavy atom. The standard InChI is InChI=1S/C13H23N3/c1-3-4-5-13(10-14)16(2)11-12-6-8-15-9-7-12/h6-9,13H,3-5,10-11,14H2,1-2H3. The summed E-state index contributed by atoms with van der Waals surface area (Å²) in [6.45, 7) is 3.91. The summed E-state index contributed by atoms with van der Waals surface area (Å²) in [7, 11) is 2.15. The summed E-state index contributed by atoms with van der Waals surface area (Å²) in [6, 6.07) is 4.61. The van der Waals surface area contributed by atoms with Crippen molar-refractivity contribution in [2.75, 3.05) is 13.6 Å². The van der Waals surface area contributed by atoms with Crippen LogP contribution < -0.4 is 5.73 Å².